The maximum Gasteiger partial charge on any atom is 0.218 e. The van der Waals surface area contributed by atoms with Crippen molar-refractivity contribution in [3.63, 3.8) is 0 Å². The standard InChI is InChI=1S/C12H18BrN3O/c1-2-17-12-6-11(14-9-15-12)16-5-3-4-10(7-13)8-16/h6,9-10H,2-5,7-8H2,1H3. The van der Waals surface area contributed by atoms with Crippen LogP contribution in [0.25, 0.3) is 0 Å². The van der Waals surface area contributed by atoms with E-state index in [2.05, 4.69) is 30.8 Å². The Hall–Kier alpha value is -0.840. The molecule has 1 aliphatic rings. The second-order valence-electron chi connectivity index (χ2n) is 4.26. The van der Waals surface area contributed by atoms with Gasteiger partial charge in [0.05, 0.1) is 6.61 Å². The second-order valence-corrected chi connectivity index (χ2v) is 4.90. The smallest absolute Gasteiger partial charge is 0.218 e. The number of ether oxygens (including phenoxy) is 1. The summed E-state index contributed by atoms with van der Waals surface area (Å²) in [4.78, 5) is 10.7. The maximum absolute atomic E-state index is 5.40. The summed E-state index contributed by atoms with van der Waals surface area (Å²) in [7, 11) is 0. The predicted octanol–water partition coefficient (Wildman–Crippen LogP) is 2.49. The van der Waals surface area contributed by atoms with Crippen molar-refractivity contribution >= 4 is 21.7 Å². The van der Waals surface area contributed by atoms with Crippen LogP contribution in [0, 0.1) is 5.92 Å². The number of halogens is 1. The zero-order chi connectivity index (χ0) is 12.1. The minimum Gasteiger partial charge on any atom is -0.478 e. The number of hydrogen-bond donors (Lipinski definition) is 0. The fourth-order valence-electron chi connectivity index (χ4n) is 2.13. The molecule has 1 atom stereocenters. The third kappa shape index (κ3) is 3.31. The van der Waals surface area contributed by atoms with Crippen LogP contribution in [0.2, 0.25) is 0 Å². The van der Waals surface area contributed by atoms with Gasteiger partial charge in [-0.05, 0) is 25.7 Å². The van der Waals surface area contributed by atoms with Gasteiger partial charge in [-0.1, -0.05) is 15.9 Å². The molecule has 1 aromatic rings. The fraction of sp³-hybridized carbons (Fsp3) is 0.667. The topological polar surface area (TPSA) is 38.2 Å². The lowest BCUT2D eigenvalue weighted by atomic mass is 10.0. The van der Waals surface area contributed by atoms with Gasteiger partial charge in [0.15, 0.2) is 0 Å². The molecule has 4 nitrogen and oxygen atoms in total. The third-order valence-corrected chi connectivity index (χ3v) is 3.90. The molecule has 0 saturated carbocycles. The zero-order valence-electron chi connectivity index (χ0n) is 10.1. The van der Waals surface area contributed by atoms with Crippen molar-refractivity contribution in [2.75, 3.05) is 29.9 Å². The molecule has 0 amide bonds. The Morgan fingerprint density at radius 3 is 3.18 bits per heavy atom. The quantitative estimate of drug-likeness (QED) is 0.801. The van der Waals surface area contributed by atoms with Gasteiger partial charge < -0.3 is 9.64 Å². The first-order chi connectivity index (χ1) is 8.33. The van der Waals surface area contributed by atoms with Gasteiger partial charge in [-0.15, -0.1) is 0 Å². The van der Waals surface area contributed by atoms with Crippen LogP contribution in [-0.2, 0) is 0 Å². The lowest BCUT2D eigenvalue weighted by molar-refractivity contribution is 0.326. The number of piperidine rings is 1. The lowest BCUT2D eigenvalue weighted by Crippen LogP contribution is -2.36. The minimum absolute atomic E-state index is 0.639. The van der Waals surface area contributed by atoms with Crippen molar-refractivity contribution in [3.8, 4) is 5.88 Å². The Morgan fingerprint density at radius 1 is 1.53 bits per heavy atom. The second kappa shape index (κ2) is 6.19. The first kappa shape index (κ1) is 12.6. The van der Waals surface area contributed by atoms with E-state index in [4.69, 9.17) is 4.74 Å². The summed E-state index contributed by atoms with van der Waals surface area (Å²) in [6, 6.07) is 1.93. The molecule has 0 N–H and O–H groups in total. The van der Waals surface area contributed by atoms with Crippen LogP contribution in [0.15, 0.2) is 12.4 Å². The highest BCUT2D eigenvalue weighted by molar-refractivity contribution is 9.09. The van der Waals surface area contributed by atoms with Crippen LogP contribution in [-0.4, -0.2) is 35.0 Å². The van der Waals surface area contributed by atoms with Gasteiger partial charge in [0.25, 0.3) is 0 Å². The first-order valence-corrected chi connectivity index (χ1v) is 7.21. The zero-order valence-corrected chi connectivity index (χ0v) is 11.7. The highest BCUT2D eigenvalue weighted by atomic mass is 79.9. The van der Waals surface area contributed by atoms with Crippen LogP contribution >= 0.6 is 15.9 Å². The SMILES string of the molecule is CCOc1cc(N2CCCC(CBr)C2)ncn1. The Balaban J connectivity index is 2.07. The highest BCUT2D eigenvalue weighted by Gasteiger charge is 2.20. The van der Waals surface area contributed by atoms with Gasteiger partial charge in [-0.3, -0.25) is 0 Å². The van der Waals surface area contributed by atoms with E-state index in [-0.39, 0.29) is 0 Å². The molecule has 1 unspecified atom stereocenters. The molecule has 94 valence electrons. The predicted molar refractivity (Wildman–Crippen MR) is 71.9 cm³/mol. The van der Waals surface area contributed by atoms with Crippen LogP contribution in [0.1, 0.15) is 19.8 Å². The minimum atomic E-state index is 0.639. The average molecular weight is 300 g/mol. The maximum atomic E-state index is 5.40. The number of anilines is 1. The molecule has 1 saturated heterocycles. The molecule has 2 heterocycles. The molecule has 2 rings (SSSR count). The normalized spacial score (nSPS) is 20.4. The van der Waals surface area contributed by atoms with Crippen LogP contribution in [0.4, 0.5) is 5.82 Å². The molecule has 0 aromatic carbocycles. The van der Waals surface area contributed by atoms with Crippen LogP contribution < -0.4 is 9.64 Å². The largest absolute Gasteiger partial charge is 0.478 e. The number of rotatable bonds is 4. The number of alkyl halides is 1. The van der Waals surface area contributed by atoms with Crippen molar-refractivity contribution in [3.05, 3.63) is 12.4 Å². The Bertz CT molecular complexity index is 361. The van der Waals surface area contributed by atoms with Crippen molar-refractivity contribution in [1.82, 2.24) is 9.97 Å². The third-order valence-electron chi connectivity index (χ3n) is 2.98. The van der Waals surface area contributed by atoms with Gasteiger partial charge in [-0.25, -0.2) is 9.97 Å². The van der Waals surface area contributed by atoms with Gasteiger partial charge in [0, 0.05) is 24.5 Å². The molecular formula is C12H18BrN3O. The molecule has 0 bridgehead atoms. The molecule has 0 radical (unpaired) electrons. The van der Waals surface area contributed by atoms with Crippen molar-refractivity contribution in [2.45, 2.75) is 19.8 Å². The van der Waals surface area contributed by atoms with E-state index < -0.39 is 0 Å². The van der Waals surface area contributed by atoms with Gasteiger partial charge in [0.1, 0.15) is 12.1 Å². The average Bonchev–Trinajstić information content (AvgIpc) is 2.40. The van der Waals surface area contributed by atoms with E-state index in [1.807, 2.05) is 13.0 Å². The number of nitrogens with zero attached hydrogens (tertiary/aromatic N) is 3. The molecule has 0 spiro atoms. The van der Waals surface area contributed by atoms with E-state index in [0.717, 1.165) is 24.2 Å². The van der Waals surface area contributed by atoms with E-state index in [1.165, 1.54) is 12.8 Å². The summed E-state index contributed by atoms with van der Waals surface area (Å²) in [5, 5.41) is 1.06. The van der Waals surface area contributed by atoms with E-state index in [1.54, 1.807) is 6.33 Å². The molecule has 0 aliphatic carbocycles. The fourth-order valence-corrected chi connectivity index (χ4v) is 2.66. The number of hydrogen-bond acceptors (Lipinski definition) is 4. The molecular weight excluding hydrogens is 282 g/mol. The summed E-state index contributed by atoms with van der Waals surface area (Å²) < 4.78 is 5.40. The summed E-state index contributed by atoms with van der Waals surface area (Å²) in [5.41, 5.74) is 0. The van der Waals surface area contributed by atoms with E-state index in [9.17, 15) is 0 Å². The molecule has 1 aliphatic heterocycles. The lowest BCUT2D eigenvalue weighted by Gasteiger charge is -2.32. The molecule has 1 fully saturated rings. The monoisotopic (exact) mass is 299 g/mol. The molecule has 1 aromatic heterocycles. The first-order valence-electron chi connectivity index (χ1n) is 6.09. The molecule has 17 heavy (non-hydrogen) atoms. The summed E-state index contributed by atoms with van der Waals surface area (Å²) >= 11 is 3.57. The van der Waals surface area contributed by atoms with Gasteiger partial charge in [0.2, 0.25) is 5.88 Å². The van der Waals surface area contributed by atoms with Crippen molar-refractivity contribution in [2.24, 2.45) is 5.92 Å². The van der Waals surface area contributed by atoms with E-state index in [0.29, 0.717) is 18.4 Å². The van der Waals surface area contributed by atoms with E-state index >= 15 is 0 Å². The number of aromatic nitrogens is 2. The summed E-state index contributed by atoms with van der Waals surface area (Å²) in [5.74, 6) is 2.36. The van der Waals surface area contributed by atoms with Gasteiger partial charge >= 0.3 is 0 Å². The Morgan fingerprint density at radius 2 is 2.41 bits per heavy atom. The Kier molecular flexibility index (Phi) is 4.59. The van der Waals surface area contributed by atoms with Crippen molar-refractivity contribution < 1.29 is 4.74 Å². The molecule has 5 heteroatoms. The van der Waals surface area contributed by atoms with Crippen molar-refractivity contribution in [1.29, 1.82) is 0 Å². The van der Waals surface area contributed by atoms with Crippen LogP contribution in [0.5, 0.6) is 5.88 Å². The Labute approximate surface area is 111 Å². The summed E-state index contributed by atoms with van der Waals surface area (Å²) in [6.45, 7) is 4.74. The highest BCUT2D eigenvalue weighted by Crippen LogP contribution is 2.24. The van der Waals surface area contributed by atoms with Gasteiger partial charge in [-0.2, -0.15) is 0 Å². The van der Waals surface area contributed by atoms with Crippen LogP contribution in [0.3, 0.4) is 0 Å². The summed E-state index contributed by atoms with van der Waals surface area (Å²) in [6.07, 6.45) is 4.10.